The predicted molar refractivity (Wildman–Crippen MR) is 184 cm³/mol. The lowest BCUT2D eigenvalue weighted by molar-refractivity contribution is -0.137. The maximum Gasteiger partial charge on any atom is 0.303 e. The molecule has 1 aromatic rings. The molecule has 44 heavy (non-hydrogen) atoms. The van der Waals surface area contributed by atoms with Crippen molar-refractivity contribution in [2.45, 2.75) is 154 Å². The van der Waals surface area contributed by atoms with E-state index in [0.29, 0.717) is 25.9 Å². The molecule has 1 rings (SSSR count). The monoisotopic (exact) mass is 648 g/mol. The van der Waals surface area contributed by atoms with E-state index in [1.54, 1.807) is 12.1 Å². The fourth-order valence-corrected chi connectivity index (χ4v) is 5.10. The Balaban J connectivity index is -0.000000649. The van der Waals surface area contributed by atoms with Crippen LogP contribution in [0.1, 0.15) is 148 Å². The highest BCUT2D eigenvalue weighted by molar-refractivity contribution is 7.85. The second kappa shape index (κ2) is 37.6. The van der Waals surface area contributed by atoms with Gasteiger partial charge in [0.05, 0.1) is 18.1 Å². The van der Waals surface area contributed by atoms with Gasteiger partial charge in [0.2, 0.25) is 0 Å². The smallest absolute Gasteiger partial charge is 0.303 e. The molecule has 0 aliphatic heterocycles. The van der Waals surface area contributed by atoms with E-state index in [9.17, 15) is 17.8 Å². The fraction of sp³-hybridized carbons (Fsp3) is 0.794. The lowest BCUT2D eigenvalue weighted by Gasteiger charge is -2.07. The number of rotatable bonds is 24. The number of aliphatic hydroxyl groups excluding tert-OH is 2. The van der Waals surface area contributed by atoms with Gasteiger partial charge in [-0.15, -0.1) is 0 Å². The largest absolute Gasteiger partial charge is 0.481 e. The van der Waals surface area contributed by atoms with Gasteiger partial charge in [0.25, 0.3) is 10.1 Å². The third-order valence-electron chi connectivity index (χ3n) is 6.80. The first kappa shape index (κ1) is 46.9. The molecule has 0 aliphatic carbocycles. The zero-order chi connectivity index (χ0) is 33.7. The van der Waals surface area contributed by atoms with Gasteiger partial charge in [-0.05, 0) is 30.9 Å². The number of hydrogen-bond acceptors (Lipinski definition) is 7. The second-order valence-corrected chi connectivity index (χ2v) is 12.4. The van der Waals surface area contributed by atoms with Gasteiger partial charge in [0, 0.05) is 19.5 Å². The van der Waals surface area contributed by atoms with Crippen molar-refractivity contribution in [1.82, 2.24) is 0 Å². The lowest BCUT2D eigenvalue weighted by Crippen LogP contribution is -2.03. The molecule has 0 bridgehead atoms. The second-order valence-electron chi connectivity index (χ2n) is 11.0. The molecule has 0 unspecified atom stereocenters. The molecular formula is C34H68N2O7S. The van der Waals surface area contributed by atoms with Crippen LogP contribution in [0.25, 0.3) is 0 Å². The molecule has 0 heterocycles. The molecule has 0 radical (unpaired) electrons. The number of benzene rings is 1. The number of unbranched alkanes of at least 4 members (excludes halogenated alkanes) is 17. The minimum absolute atomic E-state index is 0.0610. The normalized spacial score (nSPS) is 10.5. The van der Waals surface area contributed by atoms with E-state index in [1.807, 2.05) is 6.07 Å². The minimum atomic E-state index is -4.10. The van der Waals surface area contributed by atoms with Crippen molar-refractivity contribution in [2.24, 2.45) is 11.5 Å². The summed E-state index contributed by atoms with van der Waals surface area (Å²) in [6.07, 6.45) is 24.8. The van der Waals surface area contributed by atoms with E-state index in [1.165, 1.54) is 102 Å². The van der Waals surface area contributed by atoms with E-state index < -0.39 is 16.1 Å². The number of carboxylic acids is 1. The maximum atomic E-state index is 11.3. The predicted octanol–water partition coefficient (Wildman–Crippen LogP) is 7.26. The van der Waals surface area contributed by atoms with Crippen molar-refractivity contribution in [2.75, 3.05) is 26.3 Å². The Hall–Kier alpha value is -1.56. The van der Waals surface area contributed by atoms with Gasteiger partial charge in [-0.25, -0.2) is 0 Å². The summed E-state index contributed by atoms with van der Waals surface area (Å²) in [4.78, 5) is 10.3. The molecular weight excluding hydrogens is 580 g/mol. The molecule has 9 nitrogen and oxygen atoms in total. The molecule has 0 spiro atoms. The summed E-state index contributed by atoms with van der Waals surface area (Å²) < 4.78 is 31.8. The Morgan fingerprint density at radius 2 is 0.977 bits per heavy atom. The van der Waals surface area contributed by atoms with Crippen LogP contribution in [0.4, 0.5) is 0 Å². The Kier molecular flexibility index (Phi) is 40.1. The van der Waals surface area contributed by atoms with Crippen LogP contribution >= 0.6 is 0 Å². The minimum Gasteiger partial charge on any atom is -0.481 e. The fourth-order valence-electron chi connectivity index (χ4n) is 4.35. The average molecular weight is 649 g/mol. The average Bonchev–Trinajstić information content (AvgIpc) is 3.01. The van der Waals surface area contributed by atoms with Crippen LogP contribution in [-0.2, 0) is 21.3 Å². The number of carbonyl (C=O) groups is 1. The Labute approximate surface area is 270 Å². The van der Waals surface area contributed by atoms with Crippen molar-refractivity contribution in [3.8, 4) is 0 Å². The Bertz CT molecular complexity index is 816. The van der Waals surface area contributed by atoms with E-state index in [-0.39, 0.29) is 18.1 Å². The van der Waals surface area contributed by atoms with Gasteiger partial charge < -0.3 is 26.8 Å². The standard InChI is InChI=1S/C18H30O3S.C12H24O2.2C2H7NO/c1-2-3-4-5-6-7-8-9-10-11-14-17-15-12-13-16-18(17)22(19,20)21;1-2-3-4-5-6-7-8-9-10-11-12(13)14;2*3-1-2-4/h12-13,15-16H,2-11,14H2,1H3,(H,19,20,21);2-11H2,1H3,(H,13,14);2*4H,1-3H2. The first-order chi connectivity index (χ1) is 21.2. The molecule has 0 atom stereocenters. The Morgan fingerprint density at radius 1 is 0.636 bits per heavy atom. The van der Waals surface area contributed by atoms with Crippen molar-refractivity contribution >= 4 is 16.1 Å². The third kappa shape index (κ3) is 38.5. The van der Waals surface area contributed by atoms with Crippen molar-refractivity contribution in [1.29, 1.82) is 0 Å². The van der Waals surface area contributed by atoms with Crippen molar-refractivity contribution in [3.63, 3.8) is 0 Å². The number of aryl methyl sites for hydroxylation is 1. The van der Waals surface area contributed by atoms with Gasteiger partial charge in [-0.2, -0.15) is 8.42 Å². The summed E-state index contributed by atoms with van der Waals surface area (Å²) in [7, 11) is -4.10. The molecule has 1 aromatic carbocycles. The summed E-state index contributed by atoms with van der Waals surface area (Å²) in [6.45, 7) is 5.41. The summed E-state index contributed by atoms with van der Waals surface area (Å²) in [6, 6.07) is 6.73. The van der Waals surface area contributed by atoms with E-state index in [4.69, 9.17) is 26.8 Å². The number of aliphatic carboxylic acids is 1. The summed E-state index contributed by atoms with van der Waals surface area (Å²) in [5.41, 5.74) is 10.3. The summed E-state index contributed by atoms with van der Waals surface area (Å²) >= 11 is 0. The zero-order valence-corrected chi connectivity index (χ0v) is 28.9. The first-order valence-electron chi connectivity index (χ1n) is 17.0. The van der Waals surface area contributed by atoms with Gasteiger partial charge in [-0.3, -0.25) is 9.35 Å². The molecule has 8 N–H and O–H groups in total. The number of carboxylic acid groups (broad SMARTS) is 1. The van der Waals surface area contributed by atoms with Crippen LogP contribution in [0, 0.1) is 0 Å². The molecule has 0 amide bonds. The van der Waals surface area contributed by atoms with Crippen molar-refractivity contribution < 1.29 is 33.1 Å². The van der Waals surface area contributed by atoms with Crippen LogP contribution in [0.15, 0.2) is 29.2 Å². The Morgan fingerprint density at radius 3 is 1.32 bits per heavy atom. The van der Waals surface area contributed by atoms with E-state index in [2.05, 4.69) is 13.8 Å². The van der Waals surface area contributed by atoms with Crippen molar-refractivity contribution in [3.05, 3.63) is 29.8 Å². The van der Waals surface area contributed by atoms with Gasteiger partial charge >= 0.3 is 5.97 Å². The molecule has 0 aliphatic rings. The number of aliphatic hydroxyl groups is 2. The van der Waals surface area contributed by atoms with Crippen LogP contribution in [0.3, 0.4) is 0 Å². The molecule has 0 saturated heterocycles. The quantitative estimate of drug-likeness (QED) is 0.0496. The van der Waals surface area contributed by atoms with Crippen LogP contribution < -0.4 is 11.5 Å². The summed E-state index contributed by atoms with van der Waals surface area (Å²) in [5.74, 6) is -0.659. The maximum absolute atomic E-state index is 11.3. The van der Waals surface area contributed by atoms with Crippen LogP contribution in [0.2, 0.25) is 0 Å². The van der Waals surface area contributed by atoms with E-state index in [0.717, 1.165) is 31.2 Å². The van der Waals surface area contributed by atoms with Crippen LogP contribution in [-0.4, -0.2) is 60.6 Å². The molecule has 0 saturated carbocycles. The SMILES string of the molecule is CCCCCCCCCCCC(=O)O.CCCCCCCCCCCCc1ccccc1S(=O)(=O)O.NCCO.NCCO. The molecule has 10 heteroatoms. The zero-order valence-electron chi connectivity index (χ0n) is 28.1. The third-order valence-corrected chi connectivity index (χ3v) is 7.76. The first-order valence-corrected chi connectivity index (χ1v) is 18.5. The van der Waals surface area contributed by atoms with E-state index >= 15 is 0 Å². The highest BCUT2D eigenvalue weighted by atomic mass is 32.2. The van der Waals surface area contributed by atoms with Gasteiger partial charge in [0.1, 0.15) is 0 Å². The number of hydrogen-bond donors (Lipinski definition) is 6. The van der Waals surface area contributed by atoms with Crippen LogP contribution in [0.5, 0.6) is 0 Å². The molecule has 0 fully saturated rings. The van der Waals surface area contributed by atoms with Gasteiger partial charge in [0.15, 0.2) is 0 Å². The number of nitrogens with two attached hydrogens (primary N) is 2. The van der Waals surface area contributed by atoms with Gasteiger partial charge in [-0.1, -0.05) is 141 Å². The lowest BCUT2D eigenvalue weighted by atomic mass is 10.0. The highest BCUT2D eigenvalue weighted by Crippen LogP contribution is 2.18. The topological polar surface area (TPSA) is 184 Å². The highest BCUT2D eigenvalue weighted by Gasteiger charge is 2.13. The summed E-state index contributed by atoms with van der Waals surface area (Å²) in [5, 5.41) is 23.9. The molecule has 0 aromatic heterocycles. The molecule has 262 valence electrons.